The maximum Gasteiger partial charge on any atom is 0.222 e. The Morgan fingerprint density at radius 1 is 1.21 bits per heavy atom. The molecule has 0 aliphatic carbocycles. The van der Waals surface area contributed by atoms with Gasteiger partial charge in [0.1, 0.15) is 5.82 Å². The van der Waals surface area contributed by atoms with E-state index >= 15 is 0 Å². The van der Waals surface area contributed by atoms with E-state index in [-0.39, 0.29) is 23.7 Å². The summed E-state index contributed by atoms with van der Waals surface area (Å²) in [5.41, 5.74) is 2.89. The fourth-order valence-electron chi connectivity index (χ4n) is 3.76. The lowest BCUT2D eigenvalue weighted by Crippen LogP contribution is -2.42. The van der Waals surface area contributed by atoms with Crippen molar-refractivity contribution in [3.8, 4) is 11.5 Å². The van der Waals surface area contributed by atoms with E-state index in [9.17, 15) is 9.18 Å². The zero-order valence-corrected chi connectivity index (χ0v) is 17.5. The Hall–Kier alpha value is -2.60. The Bertz CT molecular complexity index is 869. The maximum atomic E-state index is 14.3. The molecule has 5 nitrogen and oxygen atoms in total. The second-order valence-electron chi connectivity index (χ2n) is 7.63. The van der Waals surface area contributed by atoms with Crippen LogP contribution >= 0.6 is 0 Å². The van der Waals surface area contributed by atoms with Crippen LogP contribution in [-0.4, -0.2) is 38.1 Å². The van der Waals surface area contributed by atoms with Gasteiger partial charge < -0.3 is 14.8 Å². The molecular formula is C23H29FN2O3. The summed E-state index contributed by atoms with van der Waals surface area (Å²) in [7, 11) is 3.23. The largest absolute Gasteiger partial charge is 0.493 e. The van der Waals surface area contributed by atoms with Gasteiger partial charge in [0.15, 0.2) is 11.5 Å². The molecule has 29 heavy (non-hydrogen) atoms. The highest BCUT2D eigenvalue weighted by Crippen LogP contribution is 2.38. The molecule has 1 aliphatic heterocycles. The number of ether oxygens (including phenoxy) is 2. The molecule has 156 valence electrons. The third-order valence-electron chi connectivity index (χ3n) is 5.44. The second kappa shape index (κ2) is 9.27. The molecule has 0 saturated heterocycles. The third kappa shape index (κ3) is 4.70. The lowest BCUT2D eigenvalue weighted by atomic mass is 9.91. The van der Waals surface area contributed by atoms with Gasteiger partial charge in [-0.25, -0.2) is 4.39 Å². The molecule has 2 aromatic rings. The number of fused-ring (bicyclic) bond motifs is 1. The van der Waals surface area contributed by atoms with Gasteiger partial charge in [0, 0.05) is 31.1 Å². The molecule has 0 aromatic heterocycles. The van der Waals surface area contributed by atoms with Gasteiger partial charge in [-0.15, -0.1) is 0 Å². The van der Waals surface area contributed by atoms with Gasteiger partial charge in [-0.05, 0) is 35.7 Å². The molecule has 1 amide bonds. The normalized spacial score (nSPS) is 16.4. The highest BCUT2D eigenvalue weighted by molar-refractivity contribution is 5.77. The van der Waals surface area contributed by atoms with E-state index in [0.29, 0.717) is 30.2 Å². The van der Waals surface area contributed by atoms with Gasteiger partial charge in [0.25, 0.3) is 0 Å². The number of methoxy groups -OCH3 is 2. The lowest BCUT2D eigenvalue weighted by molar-refractivity contribution is -0.124. The molecule has 3 rings (SSSR count). The number of halogens is 1. The number of benzene rings is 2. The first-order valence-corrected chi connectivity index (χ1v) is 9.94. The van der Waals surface area contributed by atoms with Crippen molar-refractivity contribution in [1.82, 2.24) is 10.2 Å². The van der Waals surface area contributed by atoms with Crippen molar-refractivity contribution < 1.29 is 18.7 Å². The van der Waals surface area contributed by atoms with Crippen LogP contribution in [0.3, 0.4) is 0 Å². The highest BCUT2D eigenvalue weighted by atomic mass is 19.1. The van der Waals surface area contributed by atoms with E-state index in [1.54, 1.807) is 20.3 Å². The number of hydrogen-bond acceptors (Lipinski definition) is 4. The average Bonchev–Trinajstić information content (AvgIpc) is 2.72. The van der Waals surface area contributed by atoms with Gasteiger partial charge in [0.05, 0.1) is 20.3 Å². The molecule has 0 bridgehead atoms. The van der Waals surface area contributed by atoms with Crippen LogP contribution in [0.5, 0.6) is 11.5 Å². The summed E-state index contributed by atoms with van der Waals surface area (Å²) in [6, 6.07) is 10.7. The van der Waals surface area contributed by atoms with Gasteiger partial charge in [-0.2, -0.15) is 0 Å². The van der Waals surface area contributed by atoms with Crippen molar-refractivity contribution >= 4 is 5.91 Å². The molecule has 1 N–H and O–H groups in total. The average molecular weight is 400 g/mol. The zero-order valence-electron chi connectivity index (χ0n) is 17.5. The van der Waals surface area contributed by atoms with E-state index in [0.717, 1.165) is 24.1 Å². The highest BCUT2D eigenvalue weighted by Gasteiger charge is 2.30. The Balaban J connectivity index is 1.94. The van der Waals surface area contributed by atoms with Crippen LogP contribution in [-0.2, 0) is 17.8 Å². The summed E-state index contributed by atoms with van der Waals surface area (Å²) >= 11 is 0. The van der Waals surface area contributed by atoms with E-state index in [2.05, 4.69) is 10.2 Å². The predicted molar refractivity (Wildman–Crippen MR) is 111 cm³/mol. The number of amides is 1. The monoisotopic (exact) mass is 400 g/mol. The fraction of sp³-hybridized carbons (Fsp3) is 0.435. The number of rotatable bonds is 7. The van der Waals surface area contributed by atoms with Crippen molar-refractivity contribution in [3.05, 3.63) is 58.9 Å². The lowest BCUT2D eigenvalue weighted by Gasteiger charge is -2.38. The summed E-state index contributed by atoms with van der Waals surface area (Å²) in [6.45, 7) is 5.43. The topological polar surface area (TPSA) is 50.8 Å². The Morgan fingerprint density at radius 3 is 2.55 bits per heavy atom. The van der Waals surface area contributed by atoms with Gasteiger partial charge in [-0.1, -0.05) is 32.0 Å². The van der Waals surface area contributed by atoms with Crippen LogP contribution in [0.25, 0.3) is 0 Å². The summed E-state index contributed by atoms with van der Waals surface area (Å²) < 4.78 is 25.2. The number of carbonyl (C=O) groups is 1. The molecule has 1 atom stereocenters. The van der Waals surface area contributed by atoms with E-state index in [4.69, 9.17) is 9.47 Å². The quantitative estimate of drug-likeness (QED) is 0.770. The third-order valence-corrected chi connectivity index (χ3v) is 5.44. The van der Waals surface area contributed by atoms with Crippen molar-refractivity contribution in [2.24, 2.45) is 5.92 Å². The summed E-state index contributed by atoms with van der Waals surface area (Å²) in [5.74, 6) is 1.04. The van der Waals surface area contributed by atoms with Gasteiger partial charge in [-0.3, -0.25) is 9.69 Å². The van der Waals surface area contributed by atoms with E-state index < -0.39 is 0 Å². The molecule has 1 heterocycles. The molecule has 0 spiro atoms. The van der Waals surface area contributed by atoms with Crippen LogP contribution in [0.4, 0.5) is 4.39 Å². The van der Waals surface area contributed by atoms with Crippen molar-refractivity contribution in [3.63, 3.8) is 0 Å². The van der Waals surface area contributed by atoms with Crippen LogP contribution in [0.1, 0.15) is 36.6 Å². The molecular weight excluding hydrogens is 371 g/mol. The first-order chi connectivity index (χ1) is 13.9. The second-order valence-corrected chi connectivity index (χ2v) is 7.63. The Kier molecular flexibility index (Phi) is 6.75. The molecule has 0 saturated carbocycles. The predicted octanol–water partition coefficient (Wildman–Crippen LogP) is 3.71. The van der Waals surface area contributed by atoms with Crippen LogP contribution in [0.2, 0.25) is 0 Å². The van der Waals surface area contributed by atoms with E-state index in [1.165, 1.54) is 6.07 Å². The molecule has 2 aromatic carbocycles. The molecule has 6 heteroatoms. The Labute approximate surface area is 171 Å². The number of carbonyl (C=O) groups excluding carboxylic acids is 1. The SMILES string of the molecule is COc1cc2c(cc1OC)[C@H](CNC(=O)C(C)C)N(Cc1ccccc1F)CC2. The summed E-state index contributed by atoms with van der Waals surface area (Å²) in [6.07, 6.45) is 0.818. The van der Waals surface area contributed by atoms with Gasteiger partial charge >= 0.3 is 0 Å². The first kappa shape index (κ1) is 21.1. The number of nitrogens with one attached hydrogen (secondary N) is 1. The van der Waals surface area contributed by atoms with Crippen LogP contribution in [0, 0.1) is 11.7 Å². The van der Waals surface area contributed by atoms with Crippen molar-refractivity contribution in [1.29, 1.82) is 0 Å². The van der Waals surface area contributed by atoms with Gasteiger partial charge in [0.2, 0.25) is 5.91 Å². The minimum absolute atomic E-state index is 0.00319. The molecule has 1 aliphatic rings. The number of nitrogens with zero attached hydrogens (tertiary/aromatic N) is 1. The minimum Gasteiger partial charge on any atom is -0.493 e. The number of hydrogen-bond donors (Lipinski definition) is 1. The smallest absolute Gasteiger partial charge is 0.222 e. The van der Waals surface area contributed by atoms with Crippen LogP contribution in [0.15, 0.2) is 36.4 Å². The summed E-state index contributed by atoms with van der Waals surface area (Å²) in [5, 5.41) is 3.04. The van der Waals surface area contributed by atoms with Crippen LogP contribution < -0.4 is 14.8 Å². The summed E-state index contributed by atoms with van der Waals surface area (Å²) in [4.78, 5) is 14.4. The maximum absolute atomic E-state index is 14.3. The van der Waals surface area contributed by atoms with Crippen molar-refractivity contribution in [2.45, 2.75) is 32.9 Å². The minimum atomic E-state index is -0.212. The standard InChI is InChI=1S/C23H29FN2O3/c1-15(2)23(27)25-13-20-18-12-22(29-4)21(28-3)11-16(18)9-10-26(20)14-17-7-5-6-8-19(17)24/h5-8,11-12,15,20H,9-10,13-14H2,1-4H3,(H,25,27)/t20-/m0/s1. The Morgan fingerprint density at radius 2 is 1.90 bits per heavy atom. The zero-order chi connectivity index (χ0) is 21.0. The molecule has 0 fully saturated rings. The van der Waals surface area contributed by atoms with Crippen molar-refractivity contribution in [2.75, 3.05) is 27.3 Å². The first-order valence-electron chi connectivity index (χ1n) is 9.94. The molecule has 0 unspecified atom stereocenters. The molecule has 0 radical (unpaired) electrons. The van der Waals surface area contributed by atoms with E-state index in [1.807, 2.05) is 38.1 Å². The fourth-order valence-corrected chi connectivity index (χ4v) is 3.76.